The van der Waals surface area contributed by atoms with Crippen LogP contribution in [0.4, 0.5) is 11.4 Å². The number of para-hydroxylation sites is 2. The standard InChI is InChI=1S/C20H22N2O5/c1-14-6-5-7-15(12-14)21-19(24)13-27-20(25)11-10-18(23)22-16-8-3-4-9-17(16)26-2/h3-9,12H,10-11,13H2,1-2H3,(H,21,24)(H,22,23). The molecule has 0 atom stereocenters. The van der Waals surface area contributed by atoms with Crippen LogP contribution < -0.4 is 15.4 Å². The van der Waals surface area contributed by atoms with E-state index in [2.05, 4.69) is 10.6 Å². The zero-order valence-corrected chi connectivity index (χ0v) is 15.3. The highest BCUT2D eigenvalue weighted by molar-refractivity contribution is 5.95. The van der Waals surface area contributed by atoms with Gasteiger partial charge in [0.15, 0.2) is 6.61 Å². The Kier molecular flexibility index (Phi) is 7.37. The number of carbonyl (C=O) groups excluding carboxylic acids is 3. The normalized spacial score (nSPS) is 10.0. The second-order valence-electron chi connectivity index (χ2n) is 5.83. The molecule has 0 aliphatic rings. The van der Waals surface area contributed by atoms with Gasteiger partial charge in [-0.15, -0.1) is 0 Å². The number of benzene rings is 2. The number of rotatable bonds is 8. The van der Waals surface area contributed by atoms with Crippen LogP contribution >= 0.6 is 0 Å². The molecule has 0 radical (unpaired) electrons. The molecule has 0 saturated heterocycles. The molecule has 0 aromatic heterocycles. The maximum absolute atomic E-state index is 11.9. The van der Waals surface area contributed by atoms with Crippen molar-refractivity contribution in [1.82, 2.24) is 0 Å². The van der Waals surface area contributed by atoms with Crippen LogP contribution in [0.5, 0.6) is 5.75 Å². The summed E-state index contributed by atoms with van der Waals surface area (Å²) in [6, 6.07) is 14.2. The predicted octanol–water partition coefficient (Wildman–Crippen LogP) is 2.90. The van der Waals surface area contributed by atoms with Crippen molar-refractivity contribution in [2.24, 2.45) is 0 Å². The molecule has 2 N–H and O–H groups in total. The van der Waals surface area contributed by atoms with Gasteiger partial charge in [-0.3, -0.25) is 14.4 Å². The first-order chi connectivity index (χ1) is 13.0. The number of aryl methyl sites for hydroxylation is 1. The molecule has 2 aromatic carbocycles. The van der Waals surface area contributed by atoms with E-state index < -0.39 is 18.5 Å². The highest BCUT2D eigenvalue weighted by Gasteiger charge is 2.12. The fourth-order valence-electron chi connectivity index (χ4n) is 2.31. The second kappa shape index (κ2) is 9.96. The number of hydrogen-bond acceptors (Lipinski definition) is 5. The molecule has 0 fully saturated rings. The van der Waals surface area contributed by atoms with Crippen LogP contribution in [-0.2, 0) is 19.1 Å². The van der Waals surface area contributed by atoms with Crippen molar-refractivity contribution in [2.45, 2.75) is 19.8 Å². The summed E-state index contributed by atoms with van der Waals surface area (Å²) >= 11 is 0. The minimum absolute atomic E-state index is 0.0591. The Hall–Kier alpha value is -3.35. The number of anilines is 2. The average molecular weight is 370 g/mol. The monoisotopic (exact) mass is 370 g/mol. The number of hydrogen-bond donors (Lipinski definition) is 2. The SMILES string of the molecule is COc1ccccc1NC(=O)CCC(=O)OCC(=O)Nc1cccc(C)c1. The van der Waals surface area contributed by atoms with Crippen molar-refractivity contribution in [3.63, 3.8) is 0 Å². The molecule has 0 aliphatic carbocycles. The minimum atomic E-state index is -0.621. The molecule has 2 rings (SSSR count). The van der Waals surface area contributed by atoms with Gasteiger partial charge in [0.1, 0.15) is 5.75 Å². The summed E-state index contributed by atoms with van der Waals surface area (Å²) < 4.78 is 10.0. The van der Waals surface area contributed by atoms with E-state index in [1.54, 1.807) is 30.3 Å². The van der Waals surface area contributed by atoms with E-state index in [0.717, 1.165) is 5.56 Å². The van der Waals surface area contributed by atoms with Gasteiger partial charge < -0.3 is 20.1 Å². The third-order valence-electron chi connectivity index (χ3n) is 3.60. The topological polar surface area (TPSA) is 93.7 Å². The Balaban J connectivity index is 1.71. The molecule has 7 nitrogen and oxygen atoms in total. The summed E-state index contributed by atoms with van der Waals surface area (Å²) in [5.74, 6) is -0.876. The van der Waals surface area contributed by atoms with Crippen LogP contribution in [0.2, 0.25) is 0 Å². The molecule has 0 spiro atoms. The van der Waals surface area contributed by atoms with Gasteiger partial charge in [-0.1, -0.05) is 24.3 Å². The number of carbonyl (C=O) groups is 3. The first-order valence-corrected chi connectivity index (χ1v) is 8.43. The molecule has 0 unspecified atom stereocenters. The zero-order chi connectivity index (χ0) is 19.6. The van der Waals surface area contributed by atoms with Gasteiger partial charge in [-0.2, -0.15) is 0 Å². The number of ether oxygens (including phenoxy) is 2. The fraction of sp³-hybridized carbons (Fsp3) is 0.250. The van der Waals surface area contributed by atoms with Gasteiger partial charge >= 0.3 is 5.97 Å². The maximum Gasteiger partial charge on any atom is 0.306 e. The van der Waals surface area contributed by atoms with Gasteiger partial charge in [0.2, 0.25) is 5.91 Å². The molecule has 0 bridgehead atoms. The van der Waals surface area contributed by atoms with Crippen LogP contribution in [0.15, 0.2) is 48.5 Å². The summed E-state index contributed by atoms with van der Waals surface area (Å²) in [5.41, 5.74) is 2.16. The molecule has 2 aromatic rings. The van der Waals surface area contributed by atoms with E-state index in [1.165, 1.54) is 7.11 Å². The van der Waals surface area contributed by atoms with Crippen LogP contribution in [-0.4, -0.2) is 31.5 Å². The number of amides is 2. The Morgan fingerprint density at radius 2 is 1.70 bits per heavy atom. The van der Waals surface area contributed by atoms with E-state index in [0.29, 0.717) is 17.1 Å². The van der Waals surface area contributed by atoms with E-state index in [4.69, 9.17) is 9.47 Å². The highest BCUT2D eigenvalue weighted by Crippen LogP contribution is 2.23. The largest absolute Gasteiger partial charge is 0.495 e. The van der Waals surface area contributed by atoms with Gasteiger partial charge in [-0.25, -0.2) is 0 Å². The van der Waals surface area contributed by atoms with Gasteiger partial charge in [-0.05, 0) is 36.8 Å². The van der Waals surface area contributed by atoms with E-state index in [1.807, 2.05) is 25.1 Å². The molecule has 2 amide bonds. The molecule has 0 heterocycles. The lowest BCUT2D eigenvalue weighted by Gasteiger charge is -2.10. The molecule has 142 valence electrons. The lowest BCUT2D eigenvalue weighted by molar-refractivity contribution is -0.147. The Morgan fingerprint density at radius 3 is 2.44 bits per heavy atom. The molecule has 0 saturated carbocycles. The first-order valence-electron chi connectivity index (χ1n) is 8.43. The summed E-state index contributed by atoms with van der Waals surface area (Å²) in [4.78, 5) is 35.5. The van der Waals surface area contributed by atoms with E-state index in [-0.39, 0.29) is 18.7 Å². The van der Waals surface area contributed by atoms with Gasteiger partial charge in [0.05, 0.1) is 19.2 Å². The first kappa shape index (κ1) is 20.0. The Morgan fingerprint density at radius 1 is 0.926 bits per heavy atom. The van der Waals surface area contributed by atoms with E-state index in [9.17, 15) is 14.4 Å². The zero-order valence-electron chi connectivity index (χ0n) is 15.3. The van der Waals surface area contributed by atoms with Gasteiger partial charge in [0.25, 0.3) is 5.91 Å². The summed E-state index contributed by atoms with van der Waals surface area (Å²) in [5, 5.41) is 5.31. The van der Waals surface area contributed by atoms with Crippen molar-refractivity contribution in [1.29, 1.82) is 0 Å². The van der Waals surface area contributed by atoms with Crippen LogP contribution in [0.25, 0.3) is 0 Å². The molecule has 0 aliphatic heterocycles. The third-order valence-corrected chi connectivity index (χ3v) is 3.60. The smallest absolute Gasteiger partial charge is 0.306 e. The lowest BCUT2D eigenvalue weighted by Crippen LogP contribution is -2.21. The average Bonchev–Trinajstić information content (AvgIpc) is 2.65. The second-order valence-corrected chi connectivity index (χ2v) is 5.83. The Labute approximate surface area is 157 Å². The van der Waals surface area contributed by atoms with Crippen molar-refractivity contribution >= 4 is 29.2 Å². The quantitative estimate of drug-likeness (QED) is 0.697. The number of nitrogens with one attached hydrogen (secondary N) is 2. The number of esters is 1. The van der Waals surface area contributed by atoms with Crippen LogP contribution in [0.1, 0.15) is 18.4 Å². The molecular weight excluding hydrogens is 348 g/mol. The van der Waals surface area contributed by atoms with Crippen LogP contribution in [0, 0.1) is 6.92 Å². The summed E-state index contributed by atoms with van der Waals surface area (Å²) in [6.07, 6.45) is -0.185. The van der Waals surface area contributed by atoms with Gasteiger partial charge in [0, 0.05) is 12.1 Å². The summed E-state index contributed by atoms with van der Waals surface area (Å²) in [7, 11) is 1.50. The third kappa shape index (κ3) is 6.81. The number of methoxy groups -OCH3 is 1. The molecule has 7 heteroatoms. The van der Waals surface area contributed by atoms with Crippen molar-refractivity contribution < 1.29 is 23.9 Å². The Bertz CT molecular complexity index is 820. The van der Waals surface area contributed by atoms with Crippen molar-refractivity contribution in [2.75, 3.05) is 24.4 Å². The summed E-state index contributed by atoms with van der Waals surface area (Å²) in [6.45, 7) is 1.51. The lowest BCUT2D eigenvalue weighted by atomic mass is 10.2. The van der Waals surface area contributed by atoms with Crippen LogP contribution in [0.3, 0.4) is 0 Å². The van der Waals surface area contributed by atoms with E-state index >= 15 is 0 Å². The molecular formula is C20H22N2O5. The van der Waals surface area contributed by atoms with Crippen molar-refractivity contribution in [3.8, 4) is 5.75 Å². The fourth-order valence-corrected chi connectivity index (χ4v) is 2.31. The maximum atomic E-state index is 11.9. The predicted molar refractivity (Wildman–Crippen MR) is 102 cm³/mol. The van der Waals surface area contributed by atoms with Crippen molar-refractivity contribution in [3.05, 3.63) is 54.1 Å². The minimum Gasteiger partial charge on any atom is -0.495 e. The molecule has 27 heavy (non-hydrogen) atoms. The highest BCUT2D eigenvalue weighted by atomic mass is 16.5.